The van der Waals surface area contributed by atoms with Crippen LogP contribution in [0.15, 0.2) is 24.3 Å². The van der Waals surface area contributed by atoms with Crippen molar-refractivity contribution >= 4 is 5.69 Å². The van der Waals surface area contributed by atoms with Gasteiger partial charge in [0.1, 0.15) is 5.82 Å². The lowest BCUT2D eigenvalue weighted by Gasteiger charge is -1.93. The predicted octanol–water partition coefficient (Wildman–Crippen LogP) is 1.72. The van der Waals surface area contributed by atoms with E-state index in [0.29, 0.717) is 5.69 Å². The fraction of sp³-hybridized carbons (Fsp3) is 0. The van der Waals surface area contributed by atoms with Gasteiger partial charge in [0.25, 0.3) is 0 Å². The molecule has 3 heteroatoms. The molecule has 0 heterocycles. The molecule has 0 aromatic heterocycles. The summed E-state index contributed by atoms with van der Waals surface area (Å²) in [6.07, 6.45) is 1.69. The first-order valence-electron chi connectivity index (χ1n) is 2.73. The van der Waals surface area contributed by atoms with Crippen LogP contribution in [0.25, 0.3) is 0 Å². The van der Waals surface area contributed by atoms with Gasteiger partial charge >= 0.3 is 0 Å². The van der Waals surface area contributed by atoms with Crippen LogP contribution in [0.3, 0.4) is 0 Å². The highest BCUT2D eigenvalue weighted by Gasteiger charge is 1.90. The van der Waals surface area contributed by atoms with Gasteiger partial charge in [-0.3, -0.25) is 5.32 Å². The van der Waals surface area contributed by atoms with E-state index in [1.165, 1.54) is 18.2 Å². The summed E-state index contributed by atoms with van der Waals surface area (Å²) in [7, 11) is 0. The Balaban J connectivity index is 2.87. The van der Waals surface area contributed by atoms with Gasteiger partial charge in [0.15, 0.2) is 6.19 Å². The molecule has 0 aliphatic rings. The second-order valence-electron chi connectivity index (χ2n) is 1.75. The van der Waals surface area contributed by atoms with E-state index in [0.717, 1.165) is 0 Å². The van der Waals surface area contributed by atoms with Crippen molar-refractivity contribution in [2.75, 3.05) is 5.32 Å². The van der Waals surface area contributed by atoms with Crippen molar-refractivity contribution in [3.63, 3.8) is 0 Å². The summed E-state index contributed by atoms with van der Waals surface area (Å²) in [4.78, 5) is 0. The Hall–Kier alpha value is -1.56. The van der Waals surface area contributed by atoms with Crippen molar-refractivity contribution in [2.24, 2.45) is 0 Å². The molecule has 1 aromatic carbocycles. The first-order valence-corrected chi connectivity index (χ1v) is 2.73. The largest absolute Gasteiger partial charge is 0.293 e. The maximum atomic E-state index is 12.3. The highest BCUT2D eigenvalue weighted by molar-refractivity contribution is 5.46. The van der Waals surface area contributed by atoms with E-state index >= 15 is 0 Å². The standard InChI is InChI=1S/C7H5FN2/c8-6-2-1-3-7(4-6)10-5-9/h1-4,10H. The summed E-state index contributed by atoms with van der Waals surface area (Å²) >= 11 is 0. The number of anilines is 1. The van der Waals surface area contributed by atoms with E-state index in [1.807, 2.05) is 0 Å². The van der Waals surface area contributed by atoms with Crippen molar-refractivity contribution in [2.45, 2.75) is 0 Å². The number of nitriles is 1. The first-order chi connectivity index (χ1) is 4.83. The molecule has 1 rings (SSSR count). The Bertz CT molecular complexity index is 265. The molecule has 0 radical (unpaired) electrons. The molecule has 10 heavy (non-hydrogen) atoms. The van der Waals surface area contributed by atoms with Crippen molar-refractivity contribution in [3.8, 4) is 6.19 Å². The molecule has 0 atom stereocenters. The quantitative estimate of drug-likeness (QED) is 0.471. The molecule has 0 saturated heterocycles. The number of halogens is 1. The smallest absolute Gasteiger partial charge is 0.181 e. The van der Waals surface area contributed by atoms with Gasteiger partial charge in [0.05, 0.1) is 5.69 Å². The second kappa shape index (κ2) is 2.83. The highest BCUT2D eigenvalue weighted by atomic mass is 19.1. The SMILES string of the molecule is N#CNc1cccc(F)c1. The molecule has 0 saturated carbocycles. The lowest BCUT2D eigenvalue weighted by atomic mass is 10.3. The summed E-state index contributed by atoms with van der Waals surface area (Å²) < 4.78 is 12.3. The molecule has 50 valence electrons. The molecule has 0 fully saturated rings. The van der Waals surface area contributed by atoms with Gasteiger partial charge in [-0.2, -0.15) is 5.26 Å². The Kier molecular flexibility index (Phi) is 1.86. The minimum atomic E-state index is -0.347. The molecule has 1 aromatic rings. The highest BCUT2D eigenvalue weighted by Crippen LogP contribution is 2.07. The maximum absolute atomic E-state index is 12.3. The van der Waals surface area contributed by atoms with Crippen LogP contribution in [0.5, 0.6) is 0 Å². The van der Waals surface area contributed by atoms with Crippen molar-refractivity contribution in [1.29, 1.82) is 5.26 Å². The van der Waals surface area contributed by atoms with Gasteiger partial charge in [0, 0.05) is 0 Å². The normalized spacial score (nSPS) is 8.40. The fourth-order valence-corrected chi connectivity index (χ4v) is 0.631. The minimum Gasteiger partial charge on any atom is -0.293 e. The van der Waals surface area contributed by atoms with Crippen LogP contribution in [0.2, 0.25) is 0 Å². The number of nitrogens with zero attached hydrogens (tertiary/aromatic N) is 1. The number of hydrogen-bond acceptors (Lipinski definition) is 2. The summed E-state index contributed by atoms with van der Waals surface area (Å²) in [5.74, 6) is -0.347. The zero-order valence-electron chi connectivity index (χ0n) is 5.13. The molecule has 0 spiro atoms. The average Bonchev–Trinajstić information content (AvgIpc) is 1.88. The maximum Gasteiger partial charge on any atom is 0.181 e. The van der Waals surface area contributed by atoms with Crippen LogP contribution >= 0.6 is 0 Å². The van der Waals surface area contributed by atoms with Crippen molar-refractivity contribution < 1.29 is 4.39 Å². The third-order valence-corrected chi connectivity index (χ3v) is 1.02. The molecule has 0 bridgehead atoms. The number of hydrogen-bond donors (Lipinski definition) is 1. The zero-order chi connectivity index (χ0) is 7.40. The van der Waals surface area contributed by atoms with E-state index in [1.54, 1.807) is 12.3 Å². The second-order valence-corrected chi connectivity index (χ2v) is 1.75. The van der Waals surface area contributed by atoms with Crippen LogP contribution in [-0.2, 0) is 0 Å². The van der Waals surface area contributed by atoms with Crippen LogP contribution < -0.4 is 5.32 Å². The van der Waals surface area contributed by atoms with Crippen LogP contribution in [0.4, 0.5) is 10.1 Å². The zero-order valence-corrected chi connectivity index (χ0v) is 5.13. The van der Waals surface area contributed by atoms with Gasteiger partial charge in [0.2, 0.25) is 0 Å². The van der Waals surface area contributed by atoms with E-state index in [9.17, 15) is 4.39 Å². The first kappa shape index (κ1) is 6.56. The summed E-state index contributed by atoms with van der Waals surface area (Å²) in [5.41, 5.74) is 0.475. The molecule has 0 aliphatic carbocycles. The van der Waals surface area contributed by atoms with Gasteiger partial charge in [-0.1, -0.05) is 6.07 Å². The molecule has 0 unspecified atom stereocenters. The molecular weight excluding hydrogens is 131 g/mol. The molecule has 0 amide bonds. The topological polar surface area (TPSA) is 35.8 Å². The summed E-state index contributed by atoms with van der Waals surface area (Å²) in [6, 6.07) is 5.73. The number of benzene rings is 1. The number of nitrogens with one attached hydrogen (secondary N) is 1. The molecular formula is C7H5FN2. The number of rotatable bonds is 1. The van der Waals surface area contributed by atoms with Crippen LogP contribution in [-0.4, -0.2) is 0 Å². The lowest BCUT2D eigenvalue weighted by Crippen LogP contribution is -1.86. The third-order valence-electron chi connectivity index (χ3n) is 1.02. The Labute approximate surface area is 57.9 Å². The molecule has 2 nitrogen and oxygen atoms in total. The van der Waals surface area contributed by atoms with Gasteiger partial charge < -0.3 is 0 Å². The Morgan fingerprint density at radius 1 is 1.50 bits per heavy atom. The van der Waals surface area contributed by atoms with Crippen molar-refractivity contribution in [1.82, 2.24) is 0 Å². The van der Waals surface area contributed by atoms with E-state index in [2.05, 4.69) is 5.32 Å². The van der Waals surface area contributed by atoms with Gasteiger partial charge in [-0.05, 0) is 18.2 Å². The van der Waals surface area contributed by atoms with E-state index < -0.39 is 0 Å². The molecule has 1 N–H and O–H groups in total. The Morgan fingerprint density at radius 2 is 2.30 bits per heavy atom. The van der Waals surface area contributed by atoms with Crippen molar-refractivity contribution in [3.05, 3.63) is 30.1 Å². The van der Waals surface area contributed by atoms with Gasteiger partial charge in [-0.25, -0.2) is 4.39 Å². The lowest BCUT2D eigenvalue weighted by molar-refractivity contribution is 0.628. The van der Waals surface area contributed by atoms with Gasteiger partial charge in [-0.15, -0.1) is 0 Å². The van der Waals surface area contributed by atoms with E-state index in [-0.39, 0.29) is 5.82 Å². The predicted molar refractivity (Wildman–Crippen MR) is 35.6 cm³/mol. The van der Waals surface area contributed by atoms with Crippen LogP contribution in [0.1, 0.15) is 0 Å². The van der Waals surface area contributed by atoms with Crippen LogP contribution in [0, 0.1) is 17.3 Å². The van der Waals surface area contributed by atoms with E-state index in [4.69, 9.17) is 5.26 Å². The summed E-state index contributed by atoms with van der Waals surface area (Å²) in [6.45, 7) is 0. The monoisotopic (exact) mass is 136 g/mol. The fourth-order valence-electron chi connectivity index (χ4n) is 0.631. The summed E-state index contributed by atoms with van der Waals surface area (Å²) in [5, 5.41) is 10.4. The minimum absolute atomic E-state index is 0.347. The third kappa shape index (κ3) is 1.46. The average molecular weight is 136 g/mol. The molecule has 0 aliphatic heterocycles. The Morgan fingerprint density at radius 3 is 2.90 bits per heavy atom.